The average molecular weight is 489 g/mol. The summed E-state index contributed by atoms with van der Waals surface area (Å²) in [7, 11) is 0. The van der Waals surface area contributed by atoms with Crippen LogP contribution < -0.4 is 4.74 Å². The number of hydrogen-bond donors (Lipinski definition) is 0. The van der Waals surface area contributed by atoms with Gasteiger partial charge in [0.25, 0.3) is 0 Å². The molecule has 0 aliphatic heterocycles. The van der Waals surface area contributed by atoms with Crippen molar-refractivity contribution in [3.05, 3.63) is 113 Å². The Morgan fingerprint density at radius 3 is 1.67 bits per heavy atom. The lowest BCUT2D eigenvalue weighted by atomic mass is 9.97. The summed E-state index contributed by atoms with van der Waals surface area (Å²) in [6.45, 7) is 4.38. The number of benzene rings is 4. The van der Waals surface area contributed by atoms with E-state index in [1.165, 1.54) is 11.6 Å². The molecule has 0 aromatic heterocycles. The molecular formula is C32H31F3O. The second kappa shape index (κ2) is 11.9. The lowest BCUT2D eigenvalue weighted by molar-refractivity contribution is 0.290. The molecule has 0 bridgehead atoms. The standard InChI is InChI=1S/C32H31F3O/c1-3-5-7-23-12-19-30(29(33)20-23)36-21-24-10-15-26(16-11-24)28-18-17-27(31(34)32(28)35)25-13-8-22(6-4-2)9-14-25/h8-20H,3-7,21H2,1-2H3. The minimum atomic E-state index is -0.876. The molecule has 36 heavy (non-hydrogen) atoms. The first-order valence-electron chi connectivity index (χ1n) is 12.6. The Labute approximate surface area is 211 Å². The van der Waals surface area contributed by atoms with Crippen LogP contribution in [-0.2, 0) is 19.4 Å². The molecule has 0 spiro atoms. The zero-order chi connectivity index (χ0) is 25.5. The zero-order valence-electron chi connectivity index (χ0n) is 20.8. The topological polar surface area (TPSA) is 9.23 Å². The van der Waals surface area contributed by atoms with Crippen LogP contribution in [0.4, 0.5) is 13.2 Å². The Morgan fingerprint density at radius 2 is 1.14 bits per heavy atom. The molecular weight excluding hydrogens is 457 g/mol. The van der Waals surface area contributed by atoms with Gasteiger partial charge in [0.2, 0.25) is 0 Å². The fourth-order valence-corrected chi connectivity index (χ4v) is 4.27. The SMILES string of the molecule is CCCCc1ccc(OCc2ccc(-c3ccc(-c4ccc(CCC)cc4)c(F)c3F)cc2)c(F)c1. The van der Waals surface area contributed by atoms with Gasteiger partial charge in [-0.2, -0.15) is 0 Å². The van der Waals surface area contributed by atoms with Crippen LogP contribution in [0.2, 0.25) is 0 Å². The van der Waals surface area contributed by atoms with Crippen LogP contribution in [0.15, 0.2) is 78.9 Å². The van der Waals surface area contributed by atoms with Crippen LogP contribution in [-0.4, -0.2) is 0 Å². The van der Waals surface area contributed by atoms with Crippen molar-refractivity contribution in [2.24, 2.45) is 0 Å². The number of rotatable bonds is 10. The highest BCUT2D eigenvalue weighted by atomic mass is 19.2. The first kappa shape index (κ1) is 25.6. The fraction of sp³-hybridized carbons (Fsp3) is 0.250. The largest absolute Gasteiger partial charge is 0.486 e. The summed E-state index contributed by atoms with van der Waals surface area (Å²) < 4.78 is 50.0. The summed E-state index contributed by atoms with van der Waals surface area (Å²) >= 11 is 0. The second-order valence-corrected chi connectivity index (χ2v) is 9.09. The molecule has 0 unspecified atom stereocenters. The van der Waals surface area contributed by atoms with Crippen molar-refractivity contribution in [1.29, 1.82) is 0 Å². The van der Waals surface area contributed by atoms with E-state index in [0.717, 1.165) is 43.2 Å². The highest BCUT2D eigenvalue weighted by Crippen LogP contribution is 2.32. The van der Waals surface area contributed by atoms with Gasteiger partial charge in [-0.05, 0) is 59.2 Å². The molecule has 0 amide bonds. The van der Waals surface area contributed by atoms with E-state index in [-0.39, 0.29) is 29.3 Å². The van der Waals surface area contributed by atoms with Gasteiger partial charge in [-0.1, -0.05) is 93.4 Å². The summed E-state index contributed by atoms with van der Waals surface area (Å²) in [5.41, 5.74) is 4.58. The molecule has 0 fully saturated rings. The van der Waals surface area contributed by atoms with E-state index >= 15 is 4.39 Å². The van der Waals surface area contributed by atoms with Crippen molar-refractivity contribution in [2.45, 2.75) is 52.6 Å². The lowest BCUT2D eigenvalue weighted by Gasteiger charge is -2.11. The molecule has 0 saturated heterocycles. The van der Waals surface area contributed by atoms with E-state index in [0.29, 0.717) is 11.1 Å². The van der Waals surface area contributed by atoms with Gasteiger partial charge in [-0.25, -0.2) is 13.2 Å². The lowest BCUT2D eigenvalue weighted by Crippen LogP contribution is -1.99. The molecule has 1 nitrogen and oxygen atoms in total. The molecule has 0 atom stereocenters. The van der Waals surface area contributed by atoms with Gasteiger partial charge >= 0.3 is 0 Å². The summed E-state index contributed by atoms with van der Waals surface area (Å²) in [5, 5.41) is 0. The van der Waals surface area contributed by atoms with E-state index in [1.54, 1.807) is 42.5 Å². The van der Waals surface area contributed by atoms with Crippen LogP contribution >= 0.6 is 0 Å². The third-order valence-corrected chi connectivity index (χ3v) is 6.36. The van der Waals surface area contributed by atoms with E-state index in [9.17, 15) is 8.78 Å². The maximum absolute atomic E-state index is 15.0. The smallest absolute Gasteiger partial charge is 0.167 e. The molecule has 0 heterocycles. The van der Waals surface area contributed by atoms with Crippen molar-refractivity contribution >= 4 is 0 Å². The van der Waals surface area contributed by atoms with Crippen molar-refractivity contribution in [3.8, 4) is 28.0 Å². The molecule has 4 aromatic rings. The first-order chi connectivity index (χ1) is 17.5. The predicted molar refractivity (Wildman–Crippen MR) is 141 cm³/mol. The molecule has 4 aromatic carbocycles. The Hall–Kier alpha value is -3.53. The Balaban J connectivity index is 1.45. The van der Waals surface area contributed by atoms with Crippen molar-refractivity contribution in [1.82, 2.24) is 0 Å². The van der Waals surface area contributed by atoms with Crippen molar-refractivity contribution < 1.29 is 17.9 Å². The van der Waals surface area contributed by atoms with Crippen LogP contribution in [0, 0.1) is 17.5 Å². The van der Waals surface area contributed by atoms with Gasteiger partial charge in [0.1, 0.15) is 6.61 Å². The summed E-state index contributed by atoms with van der Waals surface area (Å²) in [5.74, 6) is -1.91. The first-order valence-corrected chi connectivity index (χ1v) is 12.6. The van der Waals surface area contributed by atoms with Crippen molar-refractivity contribution in [3.63, 3.8) is 0 Å². The van der Waals surface area contributed by atoms with Gasteiger partial charge in [0, 0.05) is 11.1 Å². The molecule has 0 aliphatic rings. The fourth-order valence-electron chi connectivity index (χ4n) is 4.27. The minimum Gasteiger partial charge on any atom is -0.486 e. The molecule has 4 heteroatoms. The minimum absolute atomic E-state index is 0.176. The highest BCUT2D eigenvalue weighted by molar-refractivity contribution is 5.72. The maximum atomic E-state index is 15.0. The number of halogens is 3. The molecule has 0 aliphatic carbocycles. The summed E-state index contributed by atoms with van der Waals surface area (Å²) in [6, 6.07) is 22.9. The maximum Gasteiger partial charge on any atom is 0.167 e. The third-order valence-electron chi connectivity index (χ3n) is 6.36. The molecule has 186 valence electrons. The molecule has 4 rings (SSSR count). The summed E-state index contributed by atoms with van der Waals surface area (Å²) in [6.07, 6.45) is 4.91. The van der Waals surface area contributed by atoms with Gasteiger partial charge in [-0.3, -0.25) is 0 Å². The van der Waals surface area contributed by atoms with Gasteiger partial charge < -0.3 is 4.74 Å². The number of unbranched alkanes of at least 4 members (excludes halogenated alkanes) is 1. The van der Waals surface area contributed by atoms with Crippen LogP contribution in [0.3, 0.4) is 0 Å². The predicted octanol–water partition coefficient (Wildman–Crippen LogP) is 9.31. The summed E-state index contributed by atoms with van der Waals surface area (Å²) in [4.78, 5) is 0. The van der Waals surface area contributed by atoms with E-state index in [2.05, 4.69) is 13.8 Å². The number of ether oxygens (including phenoxy) is 1. The van der Waals surface area contributed by atoms with Crippen LogP contribution in [0.25, 0.3) is 22.3 Å². The zero-order valence-corrected chi connectivity index (χ0v) is 20.8. The normalized spacial score (nSPS) is 11.0. The van der Waals surface area contributed by atoms with Crippen molar-refractivity contribution in [2.75, 3.05) is 0 Å². The quantitative estimate of drug-likeness (QED) is 0.216. The number of hydrogen-bond acceptors (Lipinski definition) is 1. The van der Waals surface area contributed by atoms with Gasteiger partial charge in [0.05, 0.1) is 0 Å². The van der Waals surface area contributed by atoms with Crippen LogP contribution in [0.1, 0.15) is 49.8 Å². The molecule has 0 radical (unpaired) electrons. The Kier molecular flexibility index (Phi) is 8.48. The van der Waals surface area contributed by atoms with Gasteiger partial charge in [-0.15, -0.1) is 0 Å². The van der Waals surface area contributed by atoms with Gasteiger partial charge in [0.15, 0.2) is 23.2 Å². The molecule has 0 N–H and O–H groups in total. The third kappa shape index (κ3) is 5.99. The van der Waals surface area contributed by atoms with Crippen LogP contribution in [0.5, 0.6) is 5.75 Å². The number of aryl methyl sites for hydroxylation is 2. The average Bonchev–Trinajstić information content (AvgIpc) is 2.90. The Morgan fingerprint density at radius 1 is 0.583 bits per heavy atom. The monoisotopic (exact) mass is 488 g/mol. The van der Waals surface area contributed by atoms with E-state index in [1.807, 2.05) is 30.3 Å². The highest BCUT2D eigenvalue weighted by Gasteiger charge is 2.16. The van der Waals surface area contributed by atoms with E-state index in [4.69, 9.17) is 4.74 Å². The second-order valence-electron chi connectivity index (χ2n) is 9.09. The Bertz CT molecular complexity index is 1290. The van der Waals surface area contributed by atoms with E-state index < -0.39 is 11.6 Å². The molecule has 0 saturated carbocycles.